The molecule has 0 rings (SSSR count). The van der Waals surface area contributed by atoms with Crippen molar-refractivity contribution in [2.45, 2.75) is 26.4 Å². The molecule has 0 aromatic rings. The van der Waals surface area contributed by atoms with Crippen molar-refractivity contribution in [1.29, 1.82) is 0 Å². The summed E-state index contributed by atoms with van der Waals surface area (Å²) >= 11 is 0. The standard InChI is InChI=1S/C5H11NO2.CH2O3.2Cs/c1-5(2,3)8-4(6)7;2-1(3)4;;/h1-3H3,(H2,6,7);(H2,2,3,4);;/q;;2*+1/p-2. The topological polar surface area (TPSA) is 116 Å². The first kappa shape index (κ1) is 25.5. The Morgan fingerprint density at radius 2 is 1.36 bits per heavy atom. The van der Waals surface area contributed by atoms with Gasteiger partial charge in [-0.2, -0.15) is 0 Å². The zero-order valence-electron chi connectivity index (χ0n) is 9.12. The van der Waals surface area contributed by atoms with Crippen molar-refractivity contribution in [2.24, 2.45) is 5.73 Å². The third-order valence-corrected chi connectivity index (χ3v) is 0.407. The van der Waals surface area contributed by atoms with Crippen LogP contribution in [-0.2, 0) is 4.74 Å². The molecule has 0 aliphatic carbocycles. The van der Waals surface area contributed by atoms with Gasteiger partial charge < -0.3 is 25.5 Å². The second-order valence-electron chi connectivity index (χ2n) is 2.78. The first-order chi connectivity index (χ1) is 5.15. The Kier molecular flexibility index (Phi) is 24.9. The summed E-state index contributed by atoms with van der Waals surface area (Å²) < 4.78 is 4.58. The molecule has 0 spiro atoms. The fourth-order valence-corrected chi connectivity index (χ4v) is 0.302. The van der Waals surface area contributed by atoms with Crippen LogP contribution in [-0.4, -0.2) is 17.8 Å². The summed E-state index contributed by atoms with van der Waals surface area (Å²) in [7, 11) is 0. The van der Waals surface area contributed by atoms with Gasteiger partial charge in [-0.25, -0.2) is 4.79 Å². The average molecular weight is 443 g/mol. The van der Waals surface area contributed by atoms with Crippen molar-refractivity contribution in [2.75, 3.05) is 0 Å². The van der Waals surface area contributed by atoms with Crippen molar-refractivity contribution in [1.82, 2.24) is 0 Å². The molecule has 0 aliphatic heterocycles. The fraction of sp³-hybridized carbons (Fsp3) is 0.667. The molecule has 0 saturated carbocycles. The van der Waals surface area contributed by atoms with Gasteiger partial charge in [0.1, 0.15) is 5.60 Å². The molecule has 0 aliphatic rings. The smallest absolute Gasteiger partial charge is 0.652 e. The molecular weight excluding hydrogens is 432 g/mol. The van der Waals surface area contributed by atoms with Crippen LogP contribution in [0.4, 0.5) is 9.59 Å². The molecule has 0 atom stereocenters. The van der Waals surface area contributed by atoms with Crippen LogP contribution < -0.4 is 154 Å². The monoisotopic (exact) mass is 443 g/mol. The minimum atomic E-state index is -2.33. The Bertz CT molecular complexity index is 164. The maximum atomic E-state index is 10.0. The summed E-state index contributed by atoms with van der Waals surface area (Å²) in [6, 6.07) is 0. The Morgan fingerprint density at radius 3 is 1.36 bits per heavy atom. The molecule has 0 aromatic carbocycles. The fourth-order valence-electron chi connectivity index (χ4n) is 0.302. The number of primary amides is 1. The molecule has 0 fully saturated rings. The first-order valence-electron chi connectivity index (χ1n) is 3.01. The maximum Gasteiger partial charge on any atom is 1.00 e. The Morgan fingerprint density at radius 1 is 1.14 bits per heavy atom. The molecule has 0 saturated heterocycles. The minimum absolute atomic E-state index is 0. The number of carbonyl (C=O) groups excluding carboxylic acids is 2. The van der Waals surface area contributed by atoms with Gasteiger partial charge >= 0.3 is 144 Å². The van der Waals surface area contributed by atoms with Crippen molar-refractivity contribution in [3.8, 4) is 0 Å². The summed E-state index contributed by atoms with van der Waals surface area (Å²) in [5.74, 6) is 0. The summed E-state index contributed by atoms with van der Waals surface area (Å²) in [5.41, 5.74) is 4.26. The van der Waals surface area contributed by atoms with Crippen LogP contribution >= 0.6 is 0 Å². The van der Waals surface area contributed by atoms with E-state index in [0.717, 1.165) is 0 Å². The summed E-state index contributed by atoms with van der Waals surface area (Å²) in [5, 5.41) is 16.7. The van der Waals surface area contributed by atoms with E-state index in [1.165, 1.54) is 0 Å². The van der Waals surface area contributed by atoms with Gasteiger partial charge in [-0.3, -0.25) is 0 Å². The number of rotatable bonds is 0. The number of carboxylic acid groups (broad SMARTS) is 2. The molecule has 0 radical (unpaired) electrons. The van der Waals surface area contributed by atoms with E-state index in [0.29, 0.717) is 0 Å². The average Bonchev–Trinajstić information content (AvgIpc) is 1.52. The number of nitrogens with two attached hydrogens (primary N) is 1. The predicted molar refractivity (Wildman–Crippen MR) is 35.8 cm³/mol. The quantitative estimate of drug-likeness (QED) is 0.400. The Balaban J connectivity index is -0.0000000733. The molecule has 72 valence electrons. The first-order valence-corrected chi connectivity index (χ1v) is 3.01. The van der Waals surface area contributed by atoms with Crippen LogP contribution in [0.1, 0.15) is 20.8 Å². The Hall–Kier alpha value is 2.64. The number of carbonyl (C=O) groups is 2. The normalized spacial score (nSPS) is 7.93. The van der Waals surface area contributed by atoms with E-state index in [1.807, 2.05) is 0 Å². The minimum Gasteiger partial charge on any atom is -0.652 e. The molecular formula is C6H11Cs2NO5. The summed E-state index contributed by atoms with van der Waals surface area (Å²) in [6.07, 6.45) is -3.06. The largest absolute Gasteiger partial charge is 1.00 e. The van der Waals surface area contributed by atoms with Gasteiger partial charge in [-0.05, 0) is 26.9 Å². The van der Waals surface area contributed by atoms with Crippen molar-refractivity contribution in [3.63, 3.8) is 0 Å². The van der Waals surface area contributed by atoms with E-state index in [9.17, 15) is 4.79 Å². The van der Waals surface area contributed by atoms with Crippen LogP contribution in [0, 0.1) is 0 Å². The van der Waals surface area contributed by atoms with Gasteiger partial charge in [0.2, 0.25) is 0 Å². The second-order valence-corrected chi connectivity index (χ2v) is 2.78. The van der Waals surface area contributed by atoms with Crippen molar-refractivity contribution >= 4 is 12.2 Å². The zero-order chi connectivity index (χ0) is 10.4. The number of amides is 1. The molecule has 0 aromatic heterocycles. The molecule has 2 N–H and O–H groups in total. The van der Waals surface area contributed by atoms with Gasteiger partial charge in [0.05, 0.1) is 0 Å². The Labute approximate surface area is 201 Å². The molecule has 0 unspecified atom stereocenters. The van der Waals surface area contributed by atoms with Crippen LogP contribution in [0.3, 0.4) is 0 Å². The van der Waals surface area contributed by atoms with Gasteiger partial charge in [0.15, 0.2) is 0 Å². The third kappa shape index (κ3) is 46.7. The molecule has 0 bridgehead atoms. The summed E-state index contributed by atoms with van der Waals surface area (Å²) in [6.45, 7) is 5.28. The molecule has 1 amide bonds. The van der Waals surface area contributed by atoms with E-state index < -0.39 is 17.8 Å². The predicted octanol–water partition coefficient (Wildman–Crippen LogP) is -7.56. The molecule has 0 heterocycles. The maximum absolute atomic E-state index is 10.0. The van der Waals surface area contributed by atoms with Crippen LogP contribution in [0.5, 0.6) is 0 Å². The van der Waals surface area contributed by atoms with E-state index in [1.54, 1.807) is 20.8 Å². The van der Waals surface area contributed by atoms with Crippen LogP contribution in [0.15, 0.2) is 0 Å². The van der Waals surface area contributed by atoms with E-state index in [4.69, 9.17) is 20.7 Å². The molecule has 6 nitrogen and oxygen atoms in total. The van der Waals surface area contributed by atoms with Crippen LogP contribution in [0.2, 0.25) is 0 Å². The SMILES string of the molecule is CC(C)(C)OC(N)=O.O=C([O-])[O-].[Cs+].[Cs+]. The summed E-state index contributed by atoms with van der Waals surface area (Å²) in [4.78, 5) is 18.3. The van der Waals surface area contributed by atoms with E-state index in [2.05, 4.69) is 4.74 Å². The van der Waals surface area contributed by atoms with Crippen molar-refractivity contribution in [3.05, 3.63) is 0 Å². The molecule has 14 heavy (non-hydrogen) atoms. The van der Waals surface area contributed by atoms with Gasteiger partial charge in [-0.1, -0.05) is 0 Å². The van der Waals surface area contributed by atoms with E-state index in [-0.39, 0.29) is 138 Å². The number of ether oxygens (including phenoxy) is 1. The third-order valence-electron chi connectivity index (χ3n) is 0.407. The van der Waals surface area contributed by atoms with E-state index >= 15 is 0 Å². The number of hydrogen-bond donors (Lipinski definition) is 1. The van der Waals surface area contributed by atoms with Gasteiger partial charge in [0, 0.05) is 0 Å². The van der Waals surface area contributed by atoms with Crippen LogP contribution in [0.25, 0.3) is 0 Å². The number of hydrogen-bond acceptors (Lipinski definition) is 5. The van der Waals surface area contributed by atoms with Crippen molar-refractivity contribution < 1.29 is 162 Å². The zero-order valence-corrected chi connectivity index (χ0v) is 21.7. The second kappa shape index (κ2) is 13.7. The van der Waals surface area contributed by atoms with Gasteiger partial charge in [0.25, 0.3) is 0 Å². The molecule has 8 heteroatoms. The van der Waals surface area contributed by atoms with Gasteiger partial charge in [-0.15, -0.1) is 0 Å².